The van der Waals surface area contributed by atoms with Crippen LogP contribution in [0.5, 0.6) is 5.75 Å². The molecule has 0 fully saturated rings. The van der Waals surface area contributed by atoms with Gasteiger partial charge in [-0.2, -0.15) is 5.10 Å². The van der Waals surface area contributed by atoms with Crippen molar-refractivity contribution < 1.29 is 4.74 Å². The second-order valence-corrected chi connectivity index (χ2v) is 6.48. The van der Waals surface area contributed by atoms with Gasteiger partial charge in [0.15, 0.2) is 11.6 Å². The van der Waals surface area contributed by atoms with Gasteiger partial charge in [-0.05, 0) is 35.9 Å². The molecule has 2 aromatic carbocycles. The standard InChI is InChI=1S/C21H22N4O/c1-24-21(22-20(23-24)17-8-10-19(26-2)11-9-17)18-7-5-6-16(14-18)15-25-12-3-4-13-25/h3-11,14H,12-13,15H2,1-2H3. The lowest BCUT2D eigenvalue weighted by molar-refractivity contribution is 0.345. The number of aryl methyl sites for hydroxylation is 1. The molecule has 3 aromatic rings. The largest absolute Gasteiger partial charge is 0.497 e. The first-order valence-electron chi connectivity index (χ1n) is 8.75. The van der Waals surface area contributed by atoms with E-state index in [1.165, 1.54) is 5.56 Å². The van der Waals surface area contributed by atoms with E-state index in [9.17, 15) is 0 Å². The molecule has 0 saturated carbocycles. The van der Waals surface area contributed by atoms with Crippen molar-refractivity contribution in [2.45, 2.75) is 6.54 Å². The third-order valence-electron chi connectivity index (χ3n) is 4.60. The van der Waals surface area contributed by atoms with Crippen LogP contribution >= 0.6 is 0 Å². The zero-order valence-electron chi connectivity index (χ0n) is 15.1. The van der Waals surface area contributed by atoms with Crippen LogP contribution in [0.2, 0.25) is 0 Å². The van der Waals surface area contributed by atoms with Gasteiger partial charge >= 0.3 is 0 Å². The molecule has 26 heavy (non-hydrogen) atoms. The molecule has 0 saturated heterocycles. The van der Waals surface area contributed by atoms with Crippen LogP contribution in [0.3, 0.4) is 0 Å². The second kappa shape index (κ2) is 7.14. The van der Waals surface area contributed by atoms with Crippen LogP contribution in [-0.4, -0.2) is 39.9 Å². The van der Waals surface area contributed by atoms with Crippen LogP contribution in [-0.2, 0) is 13.6 Å². The monoisotopic (exact) mass is 346 g/mol. The van der Waals surface area contributed by atoms with Gasteiger partial charge < -0.3 is 4.74 Å². The summed E-state index contributed by atoms with van der Waals surface area (Å²) >= 11 is 0. The summed E-state index contributed by atoms with van der Waals surface area (Å²) in [6, 6.07) is 16.4. The number of benzene rings is 2. The fourth-order valence-electron chi connectivity index (χ4n) is 3.22. The molecule has 2 heterocycles. The third kappa shape index (κ3) is 3.39. The van der Waals surface area contributed by atoms with Gasteiger partial charge in [-0.25, -0.2) is 9.67 Å². The van der Waals surface area contributed by atoms with Crippen molar-refractivity contribution in [2.24, 2.45) is 7.05 Å². The van der Waals surface area contributed by atoms with E-state index in [1.807, 2.05) is 36.0 Å². The van der Waals surface area contributed by atoms with E-state index in [0.717, 1.165) is 48.2 Å². The summed E-state index contributed by atoms with van der Waals surface area (Å²) in [5.41, 5.74) is 3.36. The molecule has 0 aliphatic carbocycles. The molecule has 0 unspecified atom stereocenters. The number of methoxy groups -OCH3 is 1. The highest BCUT2D eigenvalue weighted by atomic mass is 16.5. The maximum Gasteiger partial charge on any atom is 0.181 e. The zero-order chi connectivity index (χ0) is 17.9. The lowest BCUT2D eigenvalue weighted by Crippen LogP contribution is -2.19. The molecular weight excluding hydrogens is 324 g/mol. The highest BCUT2D eigenvalue weighted by molar-refractivity contribution is 5.62. The summed E-state index contributed by atoms with van der Waals surface area (Å²) in [5.74, 6) is 2.42. The molecule has 1 aromatic heterocycles. The van der Waals surface area contributed by atoms with Gasteiger partial charge in [0.25, 0.3) is 0 Å². The Balaban J connectivity index is 1.60. The third-order valence-corrected chi connectivity index (χ3v) is 4.60. The predicted octanol–water partition coefficient (Wildman–Crippen LogP) is 3.53. The Morgan fingerprint density at radius 2 is 1.77 bits per heavy atom. The molecule has 0 radical (unpaired) electrons. The van der Waals surface area contributed by atoms with Crippen molar-refractivity contribution in [1.82, 2.24) is 19.7 Å². The van der Waals surface area contributed by atoms with Gasteiger partial charge in [-0.15, -0.1) is 0 Å². The van der Waals surface area contributed by atoms with E-state index in [2.05, 4.69) is 46.4 Å². The molecule has 1 aliphatic heterocycles. The van der Waals surface area contributed by atoms with E-state index in [1.54, 1.807) is 7.11 Å². The lowest BCUT2D eigenvalue weighted by atomic mass is 10.1. The highest BCUT2D eigenvalue weighted by Crippen LogP contribution is 2.24. The molecule has 0 bridgehead atoms. The maximum absolute atomic E-state index is 5.22. The van der Waals surface area contributed by atoms with E-state index < -0.39 is 0 Å². The van der Waals surface area contributed by atoms with Crippen LogP contribution < -0.4 is 4.74 Å². The fraction of sp³-hybridized carbons (Fsp3) is 0.238. The van der Waals surface area contributed by atoms with Crippen LogP contribution in [0.1, 0.15) is 5.56 Å². The van der Waals surface area contributed by atoms with Crippen molar-refractivity contribution in [3.05, 3.63) is 66.2 Å². The first kappa shape index (κ1) is 16.5. The van der Waals surface area contributed by atoms with Crippen molar-refractivity contribution in [3.63, 3.8) is 0 Å². The topological polar surface area (TPSA) is 43.2 Å². The smallest absolute Gasteiger partial charge is 0.181 e. The van der Waals surface area contributed by atoms with Crippen molar-refractivity contribution in [3.8, 4) is 28.5 Å². The highest BCUT2D eigenvalue weighted by Gasteiger charge is 2.13. The average Bonchev–Trinajstić information content (AvgIpc) is 3.32. The Morgan fingerprint density at radius 1 is 1.00 bits per heavy atom. The molecule has 5 nitrogen and oxygen atoms in total. The van der Waals surface area contributed by atoms with Gasteiger partial charge in [0.05, 0.1) is 7.11 Å². The minimum absolute atomic E-state index is 0.722. The van der Waals surface area contributed by atoms with Gasteiger partial charge in [0.1, 0.15) is 5.75 Å². The Labute approximate surface area is 153 Å². The molecule has 0 atom stereocenters. The molecule has 1 aliphatic rings. The Bertz CT molecular complexity index is 919. The summed E-state index contributed by atoms with van der Waals surface area (Å²) in [7, 11) is 3.60. The molecule has 0 N–H and O–H groups in total. The van der Waals surface area contributed by atoms with E-state index >= 15 is 0 Å². The molecule has 0 amide bonds. The summed E-state index contributed by atoms with van der Waals surface area (Å²) in [6.07, 6.45) is 4.43. The molecular formula is C21H22N4O. The summed E-state index contributed by atoms with van der Waals surface area (Å²) in [6.45, 7) is 3.00. The molecule has 4 rings (SSSR count). The SMILES string of the molecule is COc1ccc(-c2nc(-c3cccc(CN4CC=CC4)c3)n(C)n2)cc1. The predicted molar refractivity (Wildman–Crippen MR) is 103 cm³/mol. The van der Waals surface area contributed by atoms with Crippen molar-refractivity contribution >= 4 is 0 Å². The van der Waals surface area contributed by atoms with Crippen LogP contribution in [0.25, 0.3) is 22.8 Å². The number of ether oxygens (including phenoxy) is 1. The van der Waals surface area contributed by atoms with E-state index in [-0.39, 0.29) is 0 Å². The fourth-order valence-corrected chi connectivity index (χ4v) is 3.22. The summed E-state index contributed by atoms with van der Waals surface area (Å²) in [4.78, 5) is 7.17. The second-order valence-electron chi connectivity index (χ2n) is 6.48. The van der Waals surface area contributed by atoms with Crippen LogP contribution in [0, 0.1) is 0 Å². The summed E-state index contributed by atoms with van der Waals surface area (Å²) in [5, 5.41) is 4.59. The van der Waals surface area contributed by atoms with Crippen LogP contribution in [0.15, 0.2) is 60.7 Å². The van der Waals surface area contributed by atoms with Gasteiger partial charge in [-0.3, -0.25) is 4.90 Å². The van der Waals surface area contributed by atoms with Gasteiger partial charge in [-0.1, -0.05) is 30.4 Å². The zero-order valence-corrected chi connectivity index (χ0v) is 15.1. The van der Waals surface area contributed by atoms with E-state index in [4.69, 9.17) is 9.72 Å². The van der Waals surface area contributed by atoms with Crippen molar-refractivity contribution in [2.75, 3.05) is 20.2 Å². The number of rotatable bonds is 5. The number of hydrogen-bond acceptors (Lipinski definition) is 4. The van der Waals surface area contributed by atoms with Gasteiger partial charge in [0.2, 0.25) is 0 Å². The Morgan fingerprint density at radius 3 is 2.50 bits per heavy atom. The average molecular weight is 346 g/mol. The van der Waals surface area contributed by atoms with Gasteiger partial charge in [0, 0.05) is 37.8 Å². The normalized spacial score (nSPS) is 14.1. The molecule has 132 valence electrons. The maximum atomic E-state index is 5.22. The Kier molecular flexibility index (Phi) is 4.54. The van der Waals surface area contributed by atoms with E-state index in [0.29, 0.717) is 0 Å². The molecule has 0 spiro atoms. The Hall–Kier alpha value is -2.92. The minimum Gasteiger partial charge on any atom is -0.497 e. The summed E-state index contributed by atoms with van der Waals surface area (Å²) < 4.78 is 7.06. The van der Waals surface area contributed by atoms with Crippen LogP contribution in [0.4, 0.5) is 0 Å². The minimum atomic E-state index is 0.722. The number of aromatic nitrogens is 3. The first-order chi connectivity index (χ1) is 12.7. The first-order valence-corrected chi connectivity index (χ1v) is 8.75. The molecule has 5 heteroatoms. The van der Waals surface area contributed by atoms with Crippen molar-refractivity contribution in [1.29, 1.82) is 0 Å². The quantitative estimate of drug-likeness (QED) is 0.663. The number of hydrogen-bond donors (Lipinski definition) is 0. The number of nitrogens with zero attached hydrogens (tertiary/aromatic N) is 4. The lowest BCUT2D eigenvalue weighted by Gasteiger charge is -2.15.